The van der Waals surface area contributed by atoms with Gasteiger partial charge in [-0.15, -0.1) is 0 Å². The lowest BCUT2D eigenvalue weighted by molar-refractivity contribution is 0.0427. The highest BCUT2D eigenvalue weighted by atomic mass is 19.1. The van der Waals surface area contributed by atoms with Crippen LogP contribution in [-0.4, -0.2) is 33.4 Å². The van der Waals surface area contributed by atoms with E-state index in [1.807, 2.05) is 0 Å². The molecule has 0 bridgehead atoms. The number of benzene rings is 1. The molecule has 2 amide bonds. The summed E-state index contributed by atoms with van der Waals surface area (Å²) in [7, 11) is 0. The number of anilines is 2. The molecule has 0 aliphatic rings. The second-order valence-electron chi connectivity index (χ2n) is 8.40. The third-order valence-corrected chi connectivity index (χ3v) is 3.29. The Labute approximate surface area is 178 Å². The van der Waals surface area contributed by atoms with Gasteiger partial charge in [0.15, 0.2) is 5.82 Å². The molecule has 0 radical (unpaired) electrons. The maximum Gasteiger partial charge on any atom is 0.425 e. The zero-order valence-corrected chi connectivity index (χ0v) is 18.0. The minimum Gasteiger partial charge on any atom is -0.443 e. The van der Waals surface area contributed by atoms with E-state index in [1.165, 1.54) is 12.1 Å². The molecule has 11 heteroatoms. The van der Waals surface area contributed by atoms with Crippen molar-refractivity contribution < 1.29 is 32.6 Å². The molecule has 1 heterocycles. The first-order valence-corrected chi connectivity index (χ1v) is 9.17. The van der Waals surface area contributed by atoms with Crippen molar-refractivity contribution in [2.75, 3.05) is 10.6 Å². The van der Waals surface area contributed by atoms with Gasteiger partial charge in [0.2, 0.25) is 5.82 Å². The topological polar surface area (TPSA) is 117 Å². The van der Waals surface area contributed by atoms with Crippen LogP contribution in [-0.2, 0) is 9.47 Å². The van der Waals surface area contributed by atoms with Crippen molar-refractivity contribution in [1.29, 1.82) is 0 Å². The molecule has 2 aromatic rings. The van der Waals surface area contributed by atoms with E-state index >= 15 is 4.39 Å². The van der Waals surface area contributed by atoms with Crippen LogP contribution in [0.3, 0.4) is 0 Å². The number of nitrogens with zero attached hydrogens (tertiary/aromatic N) is 3. The minimum atomic E-state index is -1.27. The van der Waals surface area contributed by atoms with E-state index in [0.29, 0.717) is 4.90 Å². The summed E-state index contributed by atoms with van der Waals surface area (Å²) in [4.78, 5) is 32.9. The summed E-state index contributed by atoms with van der Waals surface area (Å²) in [5.41, 5.74) is 3.28. The fourth-order valence-electron chi connectivity index (χ4n) is 2.12. The number of halogens is 2. The summed E-state index contributed by atoms with van der Waals surface area (Å²) >= 11 is 0. The average Bonchev–Trinajstić information content (AvgIpc) is 2.58. The number of amides is 2. The van der Waals surface area contributed by atoms with Crippen molar-refractivity contribution in [2.24, 2.45) is 0 Å². The second-order valence-corrected chi connectivity index (χ2v) is 8.40. The summed E-state index contributed by atoms with van der Waals surface area (Å²) in [6.07, 6.45) is -1.57. The van der Waals surface area contributed by atoms with Gasteiger partial charge in [-0.05, 0) is 53.7 Å². The van der Waals surface area contributed by atoms with Crippen LogP contribution >= 0.6 is 0 Å². The van der Waals surface area contributed by atoms with Gasteiger partial charge in [-0.3, -0.25) is 0 Å². The lowest BCUT2D eigenvalue weighted by Gasteiger charge is -2.28. The van der Waals surface area contributed by atoms with Crippen LogP contribution in [0.1, 0.15) is 41.5 Å². The fraction of sp³-hybridized carbons (Fsp3) is 0.400. The Morgan fingerprint density at radius 3 is 2.00 bits per heavy atom. The predicted molar refractivity (Wildman–Crippen MR) is 108 cm³/mol. The van der Waals surface area contributed by atoms with E-state index in [4.69, 9.17) is 19.9 Å². The number of carbonyl (C=O) groups excluding carboxylic acids is 2. The van der Waals surface area contributed by atoms with Crippen LogP contribution in [0.25, 0.3) is 0 Å². The Balaban J connectivity index is 2.47. The molecule has 2 N–H and O–H groups in total. The van der Waals surface area contributed by atoms with Crippen LogP contribution in [0.2, 0.25) is 0 Å². The van der Waals surface area contributed by atoms with Gasteiger partial charge in [-0.1, -0.05) is 0 Å². The fourth-order valence-corrected chi connectivity index (χ4v) is 2.12. The molecule has 0 spiro atoms. The maximum absolute atomic E-state index is 15.1. The quantitative estimate of drug-likeness (QED) is 0.679. The predicted octanol–water partition coefficient (Wildman–Crippen LogP) is 4.81. The third-order valence-electron chi connectivity index (χ3n) is 3.29. The van der Waals surface area contributed by atoms with E-state index in [0.717, 1.165) is 12.4 Å². The van der Waals surface area contributed by atoms with Crippen molar-refractivity contribution in [1.82, 2.24) is 9.97 Å². The smallest absolute Gasteiger partial charge is 0.425 e. The Morgan fingerprint density at radius 2 is 1.52 bits per heavy atom. The molecule has 31 heavy (non-hydrogen) atoms. The maximum atomic E-state index is 15.1. The molecule has 168 valence electrons. The minimum absolute atomic E-state index is 0.115. The van der Waals surface area contributed by atoms with Crippen molar-refractivity contribution in [2.45, 2.75) is 52.7 Å². The van der Waals surface area contributed by atoms with E-state index in [-0.39, 0.29) is 11.4 Å². The molecule has 0 fully saturated rings. The lowest BCUT2D eigenvalue weighted by atomic mass is 10.2. The number of imide groups is 1. The molecule has 1 aromatic heterocycles. The number of nitrogens with two attached hydrogens (primary N) is 1. The first-order valence-electron chi connectivity index (χ1n) is 9.17. The van der Waals surface area contributed by atoms with Crippen LogP contribution < -0.4 is 15.4 Å². The molecule has 0 atom stereocenters. The van der Waals surface area contributed by atoms with Gasteiger partial charge in [0.25, 0.3) is 5.88 Å². The first-order chi connectivity index (χ1) is 14.2. The normalized spacial score (nSPS) is 11.6. The van der Waals surface area contributed by atoms with E-state index in [9.17, 15) is 14.0 Å². The van der Waals surface area contributed by atoms with Gasteiger partial charge in [-0.25, -0.2) is 19.0 Å². The van der Waals surface area contributed by atoms with Crippen molar-refractivity contribution in [3.63, 3.8) is 0 Å². The van der Waals surface area contributed by atoms with Gasteiger partial charge in [0.05, 0.1) is 5.69 Å². The standard InChI is InChI=1S/C20H24F2N4O5/c1-19(2,3)30-17(27)26(18(28)31-20(4,5)6)15-14(22)16(25-10-24-15)29-11-7-8-13(23)12(21)9-11/h7-10H,23H2,1-6H3. The largest absolute Gasteiger partial charge is 0.443 e. The number of nitrogen functional groups attached to an aromatic ring is 1. The van der Waals surface area contributed by atoms with Gasteiger partial charge >= 0.3 is 12.2 Å². The Morgan fingerprint density at radius 1 is 0.968 bits per heavy atom. The monoisotopic (exact) mass is 438 g/mol. The van der Waals surface area contributed by atoms with Crippen LogP contribution in [0, 0.1) is 11.6 Å². The number of ether oxygens (including phenoxy) is 3. The SMILES string of the molecule is CC(C)(C)OC(=O)N(C(=O)OC(C)(C)C)c1ncnc(Oc2ccc(N)c(F)c2)c1F. The molecule has 1 aromatic carbocycles. The summed E-state index contributed by atoms with van der Waals surface area (Å²) < 4.78 is 44.4. The summed E-state index contributed by atoms with van der Waals surface area (Å²) in [6.45, 7) is 9.41. The van der Waals surface area contributed by atoms with Gasteiger partial charge < -0.3 is 19.9 Å². The average molecular weight is 438 g/mol. The van der Waals surface area contributed by atoms with Gasteiger partial charge in [0, 0.05) is 6.07 Å². The third kappa shape index (κ3) is 6.49. The van der Waals surface area contributed by atoms with Crippen molar-refractivity contribution in [3.8, 4) is 11.6 Å². The highest BCUT2D eigenvalue weighted by Gasteiger charge is 2.36. The number of hydrogen-bond acceptors (Lipinski definition) is 8. The molecular formula is C20H24F2N4O5. The molecule has 2 rings (SSSR count). The molecule has 9 nitrogen and oxygen atoms in total. The Bertz CT molecular complexity index is 959. The molecule has 0 saturated carbocycles. The van der Waals surface area contributed by atoms with Gasteiger partial charge in [-0.2, -0.15) is 14.3 Å². The summed E-state index contributed by atoms with van der Waals surface area (Å²) in [5, 5.41) is 0. The zero-order chi connectivity index (χ0) is 23.6. The van der Waals surface area contributed by atoms with Crippen molar-refractivity contribution >= 4 is 23.7 Å². The zero-order valence-electron chi connectivity index (χ0n) is 18.0. The van der Waals surface area contributed by atoms with Crippen LogP contribution in [0.15, 0.2) is 24.5 Å². The number of carbonyl (C=O) groups is 2. The Hall–Kier alpha value is -3.50. The van der Waals surface area contributed by atoms with E-state index < -0.39 is 46.7 Å². The second kappa shape index (κ2) is 8.70. The lowest BCUT2D eigenvalue weighted by Crippen LogP contribution is -2.44. The number of aromatic nitrogens is 2. The molecule has 0 unspecified atom stereocenters. The van der Waals surface area contributed by atoms with Crippen LogP contribution in [0.4, 0.5) is 29.9 Å². The summed E-state index contributed by atoms with van der Waals surface area (Å²) in [5.74, 6) is -3.58. The van der Waals surface area contributed by atoms with E-state index in [1.54, 1.807) is 41.5 Å². The van der Waals surface area contributed by atoms with E-state index in [2.05, 4.69) is 9.97 Å². The molecule has 0 saturated heterocycles. The molecule has 0 aliphatic carbocycles. The van der Waals surface area contributed by atoms with Gasteiger partial charge in [0.1, 0.15) is 29.1 Å². The highest BCUT2D eigenvalue weighted by Crippen LogP contribution is 2.30. The Kier molecular flexibility index (Phi) is 6.67. The molecule has 0 aliphatic heterocycles. The summed E-state index contributed by atoms with van der Waals surface area (Å²) in [6, 6.07) is 3.44. The highest BCUT2D eigenvalue weighted by molar-refractivity contribution is 6.08. The number of rotatable bonds is 3. The number of hydrogen-bond donors (Lipinski definition) is 1. The van der Waals surface area contributed by atoms with Crippen LogP contribution in [0.5, 0.6) is 11.6 Å². The molecular weight excluding hydrogens is 414 g/mol. The van der Waals surface area contributed by atoms with Crippen molar-refractivity contribution in [3.05, 3.63) is 36.2 Å². The first kappa shape index (κ1) is 23.8.